The van der Waals surface area contributed by atoms with Gasteiger partial charge in [-0.1, -0.05) is 117 Å². The minimum atomic E-state index is -1.13. The minimum absolute atomic E-state index is 0. The summed E-state index contributed by atoms with van der Waals surface area (Å²) in [5.74, 6) is 1.61. The molecule has 2 rings (SSSR count). The quantitative estimate of drug-likeness (QED) is 0.00957. The van der Waals surface area contributed by atoms with Crippen molar-refractivity contribution in [2.45, 2.75) is 184 Å². The number of carboxylic acid groups (broad SMARTS) is 4. The molecule has 22 nitrogen and oxygen atoms in total. The van der Waals surface area contributed by atoms with Gasteiger partial charge in [0.15, 0.2) is 0 Å². The molecule has 6 atom stereocenters. The number of thioether (sulfide) groups is 5. The highest BCUT2D eigenvalue weighted by Crippen LogP contribution is 2.44. The molecule has 558 valence electrons. The van der Waals surface area contributed by atoms with Crippen molar-refractivity contribution >= 4 is 203 Å². The lowest BCUT2D eigenvalue weighted by Crippen LogP contribution is -2.54. The molecule has 2 fully saturated rings. The number of carboxylic acids is 4. The second-order valence-corrected chi connectivity index (χ2v) is 32.6. The number of esters is 2. The Morgan fingerprint density at radius 3 is 1.32 bits per heavy atom. The summed E-state index contributed by atoms with van der Waals surface area (Å²) in [7, 11) is 2.70. The van der Waals surface area contributed by atoms with Gasteiger partial charge in [0.05, 0.1) is 35.8 Å². The number of allylic oxidation sites excluding steroid dienone is 1. The van der Waals surface area contributed by atoms with Gasteiger partial charge in [0.1, 0.15) is 22.7 Å². The molecule has 0 aromatic heterocycles. The molecule has 0 aromatic carbocycles. The normalized spacial score (nSPS) is 17.2. The van der Waals surface area contributed by atoms with Crippen molar-refractivity contribution < 1.29 is 68.3 Å². The number of nitrogens with zero attached hydrogens (tertiary/aromatic N) is 2. The van der Waals surface area contributed by atoms with E-state index in [0.717, 1.165) is 71.3 Å². The highest BCUT2D eigenvalue weighted by Gasteiger charge is 2.52. The fraction of sp³-hybridized carbons (Fsp3) is 0.817. The van der Waals surface area contributed by atoms with E-state index in [-0.39, 0.29) is 62.9 Å². The van der Waals surface area contributed by atoms with Crippen molar-refractivity contribution in [2.24, 2.45) is 44.6 Å². The van der Waals surface area contributed by atoms with Crippen LogP contribution in [0.5, 0.6) is 0 Å². The molecule has 93 heavy (non-hydrogen) atoms. The van der Waals surface area contributed by atoms with E-state index < -0.39 is 57.4 Å². The maximum Gasteiger partial charge on any atom is 0.332 e. The van der Waals surface area contributed by atoms with Crippen LogP contribution in [-0.2, 0) is 47.8 Å². The lowest BCUT2D eigenvalue weighted by molar-refractivity contribution is -0.156. The first-order chi connectivity index (χ1) is 41.5. The maximum atomic E-state index is 11.7. The molecule has 2 aliphatic rings. The summed E-state index contributed by atoms with van der Waals surface area (Å²) in [4.78, 5) is 90.4. The summed E-state index contributed by atoms with van der Waals surface area (Å²) < 4.78 is 9.45. The summed E-state index contributed by atoms with van der Waals surface area (Å²) in [6.45, 7) is 41.5. The van der Waals surface area contributed by atoms with Crippen LogP contribution in [0.2, 0.25) is 0 Å². The summed E-state index contributed by atoms with van der Waals surface area (Å²) in [5, 5.41) is 47.2. The lowest BCUT2D eigenvalue weighted by Gasteiger charge is -2.37. The van der Waals surface area contributed by atoms with Crippen molar-refractivity contribution in [3.63, 3.8) is 0 Å². The predicted molar refractivity (Wildman–Crippen MR) is 422 cm³/mol. The maximum absolute atomic E-state index is 11.7. The van der Waals surface area contributed by atoms with Crippen LogP contribution in [0.15, 0.2) is 12.3 Å². The molecular formula is C60H123Br4ClN8O14S6. The smallest absolute Gasteiger partial charge is 0.332 e. The first-order valence-corrected chi connectivity index (χ1v) is 38.8. The number of amides is 2. The average molecular weight is 1730 g/mol. The fourth-order valence-corrected chi connectivity index (χ4v) is 11.5. The summed E-state index contributed by atoms with van der Waals surface area (Å²) in [5.41, 5.74) is 18.3. The molecular weight excluding hydrogens is 1600 g/mol. The molecule has 14 N–H and O–H groups in total. The summed E-state index contributed by atoms with van der Waals surface area (Å²) >= 11 is 21.4. The second-order valence-electron chi connectivity index (χ2n) is 24.4. The number of halogens is 5. The van der Waals surface area contributed by atoms with Crippen molar-refractivity contribution in [3.8, 4) is 0 Å². The number of carbonyl (C=O) groups is 8. The van der Waals surface area contributed by atoms with E-state index in [1.165, 1.54) is 52.7 Å². The van der Waals surface area contributed by atoms with Gasteiger partial charge in [-0.3, -0.25) is 28.8 Å². The Labute approximate surface area is 628 Å². The van der Waals surface area contributed by atoms with Crippen molar-refractivity contribution in [1.29, 1.82) is 5.41 Å². The molecule has 0 spiro atoms. The topological polar surface area (TPSA) is 382 Å². The number of nitrogens with one attached hydrogen (secondary N) is 2. The summed E-state index contributed by atoms with van der Waals surface area (Å²) in [6.07, 6.45) is 5.03. The predicted octanol–water partition coefficient (Wildman–Crippen LogP) is 12.0. The van der Waals surface area contributed by atoms with E-state index in [4.69, 9.17) is 53.5 Å². The molecule has 0 aliphatic carbocycles. The number of alkyl halides is 3. The zero-order valence-corrected chi connectivity index (χ0v) is 71.6. The van der Waals surface area contributed by atoms with E-state index in [9.17, 15) is 38.4 Å². The molecule has 2 aliphatic heterocycles. The number of aliphatic carboxylic acids is 4. The number of thiol groups is 1. The van der Waals surface area contributed by atoms with Crippen LogP contribution in [-0.4, -0.2) is 220 Å². The third-order valence-electron chi connectivity index (χ3n) is 10.8. The number of hydrogen-bond donors (Lipinski definition) is 11. The van der Waals surface area contributed by atoms with Gasteiger partial charge < -0.3 is 73.4 Å². The van der Waals surface area contributed by atoms with E-state index in [1.54, 1.807) is 105 Å². The van der Waals surface area contributed by atoms with Crippen LogP contribution in [0.3, 0.4) is 0 Å². The number of carbonyl (C=O) groups excluding carboxylic acids is 4. The molecule has 0 bridgehead atoms. The van der Waals surface area contributed by atoms with E-state index in [2.05, 4.69) is 139 Å². The van der Waals surface area contributed by atoms with Gasteiger partial charge in [-0.2, -0.15) is 47.9 Å². The minimum Gasteiger partial charge on any atom is -0.481 e. The van der Waals surface area contributed by atoms with Crippen LogP contribution in [0, 0.1) is 27.1 Å². The number of hydrogen-bond acceptors (Lipinski definition) is 22. The molecule has 4 unspecified atom stereocenters. The SMILES string of the molecule is Br.C=C(C)NCCSCC(C)(C)C(=O)O.CC(C)(CS)C(=O)O.CC(C)=N.CC(N)(CSCCN)C(=O)O.CCCBr.CCCBr.CCCSCC(C)(N)C(=O)O.COC(=O)C1(C)CS[C@H](C(C)(C)C)N1C=O.COC(=O)C1CS[C@H](C(C)(C)C)N1C=O.Cl.NCCBr. The number of ether oxygens (including phenoxy) is 2. The third kappa shape index (κ3) is 60.8. The first-order valence-electron chi connectivity index (χ1n) is 29.2. The fourth-order valence-electron chi connectivity index (χ4n) is 5.26. The Morgan fingerprint density at radius 1 is 0.677 bits per heavy atom. The highest BCUT2D eigenvalue weighted by molar-refractivity contribution is 9.09. The molecule has 2 saturated heterocycles. The van der Waals surface area contributed by atoms with E-state index >= 15 is 0 Å². The van der Waals surface area contributed by atoms with Crippen LogP contribution in [0.4, 0.5) is 0 Å². The summed E-state index contributed by atoms with van der Waals surface area (Å²) in [6, 6.07) is -0.429. The Morgan fingerprint density at radius 2 is 1.06 bits per heavy atom. The lowest BCUT2D eigenvalue weighted by atomic mass is 9.92. The van der Waals surface area contributed by atoms with Crippen LogP contribution in [0.25, 0.3) is 0 Å². The molecule has 33 heteroatoms. The van der Waals surface area contributed by atoms with Gasteiger partial charge in [0, 0.05) is 93.1 Å². The van der Waals surface area contributed by atoms with Gasteiger partial charge in [-0.15, -0.1) is 52.9 Å². The molecule has 0 saturated carbocycles. The van der Waals surface area contributed by atoms with Crippen LogP contribution >= 0.6 is 149 Å². The Hall–Kier alpha value is -0.880. The standard InChI is InChI=1S/C11H19NO3S.C10H17NO3S.C10H19NO2S.C7H15NO2S.C6H14N2O2S.C5H10O2S.2C3H7Br.C3H7N.C2H6BrN.BrH.ClH/c1-10(2,3)8-12(7-13)11(4,6-16-8)9(14)15-5;1-10(2,3)9-11(6-12)7(5-15-9)8(13)14-4;1-8(2)11-5-6-14-7-10(3,4)9(12)13;1-3-4-11-5-7(2,8)6(9)10;1-6(8,5(9)10)4-11-3-2-7;1-5(2,3-8)4(6)7;2*1-2-3-4;1-3(2)4;3-1-2-4;;/h7-8H,6H2,1-5H3;6-7,9H,5H2,1-4H3;11H,1,5-7H2,2-4H3,(H,12,13);3-5,8H2,1-2H3,(H,9,10);2-4,7-8H2,1H3,(H,9,10);8H,3H2,1-2H3,(H,6,7);2*2-3H2,1H3;4H,1-2H3;1-2,4H2;2*1H/t8-,11?;7?,9-;;;;;;;;;;/m11........../s1. The van der Waals surface area contributed by atoms with Crippen LogP contribution in [0.1, 0.15) is 151 Å². The Balaban J connectivity index is -0.000000106. The molecule has 2 amide bonds. The monoisotopic (exact) mass is 1720 g/mol. The highest BCUT2D eigenvalue weighted by atomic mass is 79.9. The third-order valence-corrected chi connectivity index (χ3v) is 21.6. The second kappa shape index (κ2) is 63.3. The number of methoxy groups -OCH3 is 2. The zero-order valence-electron chi connectivity index (χ0n) is 59.3. The first kappa shape index (κ1) is 113. The largest absolute Gasteiger partial charge is 0.481 e. The molecule has 0 radical (unpaired) electrons. The van der Waals surface area contributed by atoms with Crippen molar-refractivity contribution in [2.75, 3.05) is 102 Å². The van der Waals surface area contributed by atoms with E-state index in [0.29, 0.717) is 46.8 Å². The van der Waals surface area contributed by atoms with Gasteiger partial charge in [0.2, 0.25) is 12.8 Å². The Bertz CT molecular complexity index is 1980. The van der Waals surface area contributed by atoms with E-state index in [1.807, 2.05) is 6.92 Å². The zero-order chi connectivity index (χ0) is 73.8. The van der Waals surface area contributed by atoms with Crippen molar-refractivity contribution in [1.82, 2.24) is 15.1 Å². The number of rotatable bonds is 26. The van der Waals surface area contributed by atoms with Crippen LogP contribution < -0.4 is 28.3 Å². The average Bonchev–Trinajstić information content (AvgIpc) is 1.65. The number of nitrogens with two attached hydrogens (primary N) is 4. The Kier molecular flexibility index (Phi) is 77.2. The van der Waals surface area contributed by atoms with Gasteiger partial charge >= 0.3 is 35.8 Å². The van der Waals surface area contributed by atoms with Gasteiger partial charge in [-0.05, 0) is 105 Å². The van der Waals surface area contributed by atoms with Gasteiger partial charge in [0.25, 0.3) is 0 Å². The molecule has 0 aromatic rings. The molecule has 2 heterocycles. The van der Waals surface area contributed by atoms with Gasteiger partial charge in [-0.25, -0.2) is 9.59 Å². The van der Waals surface area contributed by atoms with Crippen molar-refractivity contribution in [3.05, 3.63) is 12.3 Å².